The largest absolute Gasteiger partial charge is 0.457 e. The minimum Gasteiger partial charge on any atom is -0.457 e. The van der Waals surface area contributed by atoms with E-state index in [-0.39, 0.29) is 0 Å². The Balaban J connectivity index is 1.27. The Labute approximate surface area is 174 Å². The molecule has 1 nitrogen and oxygen atoms in total. The zero-order valence-electron chi connectivity index (χ0n) is 17.1. The van der Waals surface area contributed by atoms with Crippen molar-refractivity contribution in [3.63, 3.8) is 0 Å². The first-order valence-corrected chi connectivity index (χ1v) is 11.4. The summed E-state index contributed by atoms with van der Waals surface area (Å²) < 4.78 is 6.62. The molecule has 0 radical (unpaired) electrons. The summed E-state index contributed by atoms with van der Waals surface area (Å²) in [6, 6.07) is 17.4. The summed E-state index contributed by atoms with van der Waals surface area (Å²) in [6.45, 7) is 0. The SMILES string of the molecule is C1=CC2(Cc3ccccc3Oc3ccccc3CC34C=CC(CC3)C4)CCC1C2. The predicted octanol–water partition coefficient (Wildman–Crippen LogP) is 7.28. The van der Waals surface area contributed by atoms with Crippen molar-refractivity contribution in [2.75, 3.05) is 0 Å². The number of hydrogen-bond donors (Lipinski definition) is 0. The summed E-state index contributed by atoms with van der Waals surface area (Å²) in [4.78, 5) is 0. The van der Waals surface area contributed by atoms with Gasteiger partial charge in [0.05, 0.1) is 0 Å². The number of allylic oxidation sites excluding steroid dienone is 4. The number of ether oxygens (including phenoxy) is 1. The molecular weight excluding hydrogens is 352 g/mol. The first-order valence-electron chi connectivity index (χ1n) is 11.4. The van der Waals surface area contributed by atoms with Gasteiger partial charge in [0.2, 0.25) is 0 Å². The lowest BCUT2D eigenvalue weighted by Gasteiger charge is -2.26. The molecule has 4 aliphatic carbocycles. The molecule has 2 aromatic carbocycles. The highest BCUT2D eigenvalue weighted by Gasteiger charge is 2.42. The summed E-state index contributed by atoms with van der Waals surface area (Å²) in [5, 5.41) is 0. The number of fused-ring (bicyclic) bond motifs is 4. The van der Waals surface area contributed by atoms with Gasteiger partial charge in [0.1, 0.15) is 11.5 Å². The maximum atomic E-state index is 6.62. The number of hydrogen-bond acceptors (Lipinski definition) is 1. The van der Waals surface area contributed by atoms with Crippen LogP contribution in [0.4, 0.5) is 0 Å². The van der Waals surface area contributed by atoms with Crippen LogP contribution in [0.2, 0.25) is 0 Å². The van der Waals surface area contributed by atoms with E-state index in [1.165, 1.54) is 49.7 Å². The number of para-hydroxylation sites is 2. The van der Waals surface area contributed by atoms with Crippen molar-refractivity contribution in [1.29, 1.82) is 0 Å². The van der Waals surface area contributed by atoms with Crippen LogP contribution in [0.5, 0.6) is 11.5 Å². The third kappa shape index (κ3) is 3.16. The Morgan fingerprint density at radius 1 is 0.690 bits per heavy atom. The second-order valence-electron chi connectivity index (χ2n) is 10.1. The van der Waals surface area contributed by atoms with E-state index in [1.807, 2.05) is 0 Å². The molecule has 0 saturated heterocycles. The zero-order chi connectivity index (χ0) is 19.3. The predicted molar refractivity (Wildman–Crippen MR) is 118 cm³/mol. The van der Waals surface area contributed by atoms with Gasteiger partial charge in [-0.3, -0.25) is 0 Å². The Morgan fingerprint density at radius 2 is 1.17 bits per heavy atom. The van der Waals surface area contributed by atoms with Crippen LogP contribution in [0.15, 0.2) is 72.8 Å². The van der Waals surface area contributed by atoms with E-state index < -0.39 is 0 Å². The summed E-state index contributed by atoms with van der Waals surface area (Å²) in [5.41, 5.74) is 3.45. The molecule has 1 heteroatoms. The van der Waals surface area contributed by atoms with Gasteiger partial charge in [0.15, 0.2) is 0 Å². The molecule has 0 heterocycles. The van der Waals surface area contributed by atoms with Gasteiger partial charge in [-0.1, -0.05) is 60.7 Å². The van der Waals surface area contributed by atoms with Gasteiger partial charge in [-0.25, -0.2) is 0 Å². The van der Waals surface area contributed by atoms with Crippen LogP contribution >= 0.6 is 0 Å². The lowest BCUT2D eigenvalue weighted by Crippen LogP contribution is -2.16. The smallest absolute Gasteiger partial charge is 0.130 e. The van der Waals surface area contributed by atoms with Crippen molar-refractivity contribution in [2.24, 2.45) is 22.7 Å². The number of rotatable bonds is 6. The highest BCUT2D eigenvalue weighted by molar-refractivity contribution is 5.43. The summed E-state index contributed by atoms with van der Waals surface area (Å²) in [5.74, 6) is 3.72. The molecular formula is C28H30O. The third-order valence-corrected chi connectivity index (χ3v) is 8.06. The van der Waals surface area contributed by atoms with Gasteiger partial charge >= 0.3 is 0 Å². The standard InChI is InChI=1S/C28H30O/c1-3-7-25(23(5-1)19-27-13-9-21(17-27)10-14-27)29-26-8-4-2-6-24(26)20-28-15-11-22(18-28)12-16-28/h1-9,11,13,15,21-22H,10,12,14,16-20H2. The quantitative estimate of drug-likeness (QED) is 0.477. The van der Waals surface area contributed by atoms with Gasteiger partial charge in [0, 0.05) is 0 Å². The monoisotopic (exact) mass is 382 g/mol. The van der Waals surface area contributed by atoms with Crippen molar-refractivity contribution in [1.82, 2.24) is 0 Å². The minimum absolute atomic E-state index is 0.371. The lowest BCUT2D eigenvalue weighted by molar-refractivity contribution is 0.380. The first-order chi connectivity index (χ1) is 14.2. The van der Waals surface area contributed by atoms with Crippen molar-refractivity contribution in [2.45, 2.75) is 51.4 Å². The fraction of sp³-hybridized carbons (Fsp3) is 0.429. The van der Waals surface area contributed by atoms with E-state index in [4.69, 9.17) is 4.74 Å². The molecule has 6 rings (SSSR count). The van der Waals surface area contributed by atoms with Crippen molar-refractivity contribution >= 4 is 0 Å². The Morgan fingerprint density at radius 3 is 1.55 bits per heavy atom. The molecule has 0 N–H and O–H groups in total. The van der Waals surface area contributed by atoms with Crippen LogP contribution < -0.4 is 4.74 Å². The van der Waals surface area contributed by atoms with E-state index in [0.29, 0.717) is 10.8 Å². The van der Waals surface area contributed by atoms with Crippen LogP contribution in [0, 0.1) is 22.7 Å². The topological polar surface area (TPSA) is 9.23 Å². The average molecular weight is 383 g/mol. The van der Waals surface area contributed by atoms with Gasteiger partial charge < -0.3 is 4.74 Å². The maximum absolute atomic E-state index is 6.62. The Bertz CT molecular complexity index is 906. The van der Waals surface area contributed by atoms with Gasteiger partial charge in [0.25, 0.3) is 0 Å². The van der Waals surface area contributed by atoms with Gasteiger partial charge in [-0.15, -0.1) is 0 Å². The van der Waals surface area contributed by atoms with E-state index in [0.717, 1.165) is 36.2 Å². The normalized spacial score (nSPS) is 33.7. The second-order valence-corrected chi connectivity index (χ2v) is 10.1. The molecule has 0 aliphatic heterocycles. The fourth-order valence-electron chi connectivity index (χ4n) is 6.52. The molecule has 29 heavy (non-hydrogen) atoms. The van der Waals surface area contributed by atoms with Crippen LogP contribution in [0.3, 0.4) is 0 Å². The lowest BCUT2D eigenvalue weighted by atomic mass is 9.81. The Kier molecular flexibility index (Phi) is 4.01. The minimum atomic E-state index is 0.371. The average Bonchev–Trinajstić information content (AvgIpc) is 3.52. The first kappa shape index (κ1) is 17.6. The molecule has 2 saturated carbocycles. The highest BCUT2D eigenvalue weighted by atomic mass is 16.5. The fourth-order valence-corrected chi connectivity index (χ4v) is 6.52. The third-order valence-electron chi connectivity index (χ3n) is 8.06. The van der Waals surface area contributed by atoms with E-state index in [9.17, 15) is 0 Å². The van der Waals surface area contributed by atoms with Crippen molar-refractivity contribution in [3.8, 4) is 11.5 Å². The summed E-state index contributed by atoms with van der Waals surface area (Å²) in [7, 11) is 0. The highest BCUT2D eigenvalue weighted by Crippen LogP contribution is 2.53. The summed E-state index contributed by atoms with van der Waals surface area (Å²) >= 11 is 0. The molecule has 4 atom stereocenters. The second kappa shape index (κ2) is 6.62. The Hall–Kier alpha value is -2.28. The van der Waals surface area contributed by atoms with Crippen LogP contribution in [-0.4, -0.2) is 0 Å². The molecule has 148 valence electrons. The van der Waals surface area contributed by atoms with E-state index in [1.54, 1.807) is 0 Å². The van der Waals surface area contributed by atoms with E-state index in [2.05, 4.69) is 72.8 Å². The summed E-state index contributed by atoms with van der Waals surface area (Å²) in [6.07, 6.45) is 20.1. The molecule has 2 aromatic rings. The molecule has 4 bridgehead atoms. The zero-order valence-corrected chi connectivity index (χ0v) is 17.1. The van der Waals surface area contributed by atoms with Crippen molar-refractivity contribution < 1.29 is 4.74 Å². The molecule has 0 spiro atoms. The molecule has 2 fully saturated rings. The molecule has 0 aromatic heterocycles. The number of benzene rings is 2. The van der Waals surface area contributed by atoms with Crippen LogP contribution in [-0.2, 0) is 12.8 Å². The van der Waals surface area contributed by atoms with Gasteiger partial charge in [-0.2, -0.15) is 0 Å². The maximum Gasteiger partial charge on any atom is 0.130 e. The molecule has 0 amide bonds. The van der Waals surface area contributed by atoms with Crippen LogP contribution in [0.1, 0.15) is 49.7 Å². The van der Waals surface area contributed by atoms with Crippen LogP contribution in [0.25, 0.3) is 0 Å². The van der Waals surface area contributed by atoms with Crippen molar-refractivity contribution in [3.05, 3.63) is 84.0 Å². The van der Waals surface area contributed by atoms with Gasteiger partial charge in [-0.05, 0) is 97.3 Å². The molecule has 4 aliphatic rings. The van der Waals surface area contributed by atoms with E-state index >= 15 is 0 Å². The molecule has 4 unspecified atom stereocenters.